The normalized spacial score (nSPS) is 10.9. The molecule has 3 heterocycles. The van der Waals surface area contributed by atoms with Crippen molar-refractivity contribution in [1.82, 2.24) is 15.2 Å². The van der Waals surface area contributed by atoms with Gasteiger partial charge in [-0.25, -0.2) is 4.98 Å². The number of hydrogen-bond donors (Lipinski definition) is 1. The lowest BCUT2D eigenvalue weighted by Crippen LogP contribution is -2.15. The first-order chi connectivity index (χ1) is 14.5. The van der Waals surface area contributed by atoms with Crippen molar-refractivity contribution in [1.29, 1.82) is 0 Å². The summed E-state index contributed by atoms with van der Waals surface area (Å²) in [4.78, 5) is 19.2. The Labute approximate surface area is 187 Å². The molecule has 152 valence electrons. The summed E-state index contributed by atoms with van der Waals surface area (Å²) in [6.45, 7) is 5.98. The Morgan fingerprint density at radius 3 is 2.70 bits per heavy atom. The van der Waals surface area contributed by atoms with Crippen LogP contribution in [0.25, 0.3) is 20.5 Å². The van der Waals surface area contributed by atoms with Crippen LogP contribution in [0.1, 0.15) is 16.8 Å². The molecule has 0 radical (unpaired) electrons. The second-order valence-electron chi connectivity index (χ2n) is 6.82. The molecule has 4 aromatic rings. The second kappa shape index (κ2) is 9.07. The number of nitrogens with one attached hydrogen (secondary N) is 1. The van der Waals surface area contributed by atoms with E-state index in [-0.39, 0.29) is 11.7 Å². The zero-order chi connectivity index (χ0) is 21.1. The van der Waals surface area contributed by atoms with Gasteiger partial charge in [-0.1, -0.05) is 30.0 Å². The van der Waals surface area contributed by atoms with Gasteiger partial charge in [-0.3, -0.25) is 4.79 Å². The molecule has 0 atom stereocenters. The summed E-state index contributed by atoms with van der Waals surface area (Å²) >= 11 is 4.67. The fraction of sp³-hybridized carbons (Fsp3) is 0.182. The van der Waals surface area contributed by atoms with Crippen LogP contribution in [0, 0.1) is 20.8 Å². The van der Waals surface area contributed by atoms with E-state index in [0.29, 0.717) is 0 Å². The summed E-state index contributed by atoms with van der Waals surface area (Å²) in [6.07, 6.45) is 0. The van der Waals surface area contributed by atoms with Crippen molar-refractivity contribution in [2.45, 2.75) is 25.8 Å². The average molecular weight is 453 g/mol. The number of carbonyl (C=O) groups excluding carboxylic acids is 1. The number of thiazole rings is 1. The summed E-state index contributed by atoms with van der Waals surface area (Å²) in [5.74, 6) is 0.224. The fourth-order valence-electron chi connectivity index (χ4n) is 2.85. The van der Waals surface area contributed by atoms with Crippen molar-refractivity contribution < 1.29 is 4.79 Å². The van der Waals surface area contributed by atoms with Gasteiger partial charge in [0.15, 0.2) is 0 Å². The highest BCUT2D eigenvalue weighted by atomic mass is 32.2. The topological polar surface area (TPSA) is 67.8 Å². The van der Waals surface area contributed by atoms with E-state index < -0.39 is 0 Å². The maximum Gasteiger partial charge on any atom is 0.234 e. The molecule has 3 aromatic heterocycles. The van der Waals surface area contributed by atoms with Crippen LogP contribution < -0.4 is 5.32 Å². The Kier molecular flexibility index (Phi) is 6.26. The monoisotopic (exact) mass is 452 g/mol. The first-order valence-electron chi connectivity index (χ1n) is 9.35. The molecule has 0 aliphatic heterocycles. The Morgan fingerprint density at radius 2 is 1.97 bits per heavy atom. The SMILES string of the molecule is Cc1ccc(C)c(NC(=O)CSc2ccc(-c3sc(-c4cccs4)nc3C)nn2)c1. The van der Waals surface area contributed by atoms with E-state index in [1.807, 2.05) is 62.5 Å². The van der Waals surface area contributed by atoms with Gasteiger partial charge in [0.1, 0.15) is 15.7 Å². The molecule has 0 bridgehead atoms. The van der Waals surface area contributed by atoms with Crippen molar-refractivity contribution >= 4 is 46.0 Å². The summed E-state index contributed by atoms with van der Waals surface area (Å²) < 4.78 is 0. The molecule has 0 unspecified atom stereocenters. The highest BCUT2D eigenvalue weighted by Crippen LogP contribution is 2.36. The molecule has 5 nitrogen and oxygen atoms in total. The van der Waals surface area contributed by atoms with Crippen molar-refractivity contribution in [2.24, 2.45) is 0 Å². The van der Waals surface area contributed by atoms with Crippen LogP contribution in [-0.4, -0.2) is 26.8 Å². The first-order valence-corrected chi connectivity index (χ1v) is 12.0. The average Bonchev–Trinajstić information content (AvgIpc) is 3.39. The number of nitrogens with zero attached hydrogens (tertiary/aromatic N) is 3. The standard InChI is InChI=1S/C22H20N4OS3/c1-13-6-7-14(2)17(11-13)24-19(27)12-29-20-9-8-16(25-26-20)21-15(3)23-22(30-21)18-5-4-10-28-18/h4-11H,12H2,1-3H3,(H,24,27). The largest absolute Gasteiger partial charge is 0.325 e. The predicted molar refractivity (Wildman–Crippen MR) is 126 cm³/mol. The molecule has 1 amide bonds. The molecule has 0 saturated heterocycles. The van der Waals surface area contributed by atoms with Crippen LogP contribution in [-0.2, 0) is 4.79 Å². The van der Waals surface area contributed by atoms with Gasteiger partial charge in [-0.15, -0.1) is 32.9 Å². The number of thiophene rings is 1. The number of anilines is 1. The zero-order valence-corrected chi connectivity index (χ0v) is 19.3. The molecule has 1 N–H and O–H groups in total. The van der Waals surface area contributed by atoms with Gasteiger partial charge in [0.05, 0.1) is 21.2 Å². The summed E-state index contributed by atoms with van der Waals surface area (Å²) in [5.41, 5.74) is 4.77. The van der Waals surface area contributed by atoms with Gasteiger partial charge in [0.25, 0.3) is 0 Å². The van der Waals surface area contributed by atoms with E-state index in [1.54, 1.807) is 22.7 Å². The number of rotatable bonds is 6. The van der Waals surface area contributed by atoms with Crippen molar-refractivity contribution in [3.05, 3.63) is 64.7 Å². The smallest absolute Gasteiger partial charge is 0.234 e. The summed E-state index contributed by atoms with van der Waals surface area (Å²) in [6, 6.07) is 14.0. The molecule has 0 fully saturated rings. The third-order valence-corrected chi connectivity index (χ3v) is 7.56. The number of thioether (sulfide) groups is 1. The lowest BCUT2D eigenvalue weighted by molar-refractivity contribution is -0.113. The quantitative estimate of drug-likeness (QED) is 0.364. The minimum Gasteiger partial charge on any atom is -0.325 e. The Bertz CT molecular complexity index is 1170. The molecule has 4 rings (SSSR count). The number of aromatic nitrogens is 3. The Balaban J connectivity index is 1.39. The van der Waals surface area contributed by atoms with Crippen molar-refractivity contribution in [3.8, 4) is 20.5 Å². The second-order valence-corrected chi connectivity index (χ2v) is 9.77. The van der Waals surface area contributed by atoms with E-state index in [0.717, 1.165) is 48.0 Å². The molecule has 0 aliphatic carbocycles. The van der Waals surface area contributed by atoms with Crippen LogP contribution in [0.5, 0.6) is 0 Å². The maximum absolute atomic E-state index is 12.3. The lowest BCUT2D eigenvalue weighted by Gasteiger charge is -2.09. The molecule has 0 saturated carbocycles. The van der Waals surface area contributed by atoms with E-state index in [2.05, 4.69) is 26.6 Å². The Hall–Kier alpha value is -2.55. The van der Waals surface area contributed by atoms with Crippen LogP contribution >= 0.6 is 34.4 Å². The predicted octanol–water partition coefficient (Wildman–Crippen LogP) is 5.98. The van der Waals surface area contributed by atoms with Gasteiger partial charge in [0, 0.05) is 5.69 Å². The van der Waals surface area contributed by atoms with Crippen LogP contribution in [0.4, 0.5) is 5.69 Å². The molecule has 1 aromatic carbocycles. The van der Waals surface area contributed by atoms with Gasteiger partial charge in [0.2, 0.25) is 5.91 Å². The van der Waals surface area contributed by atoms with Crippen LogP contribution in [0.2, 0.25) is 0 Å². The molecular weight excluding hydrogens is 432 g/mol. The van der Waals surface area contributed by atoms with E-state index in [9.17, 15) is 4.79 Å². The number of aryl methyl sites for hydroxylation is 3. The number of hydrogen-bond acceptors (Lipinski definition) is 7. The van der Waals surface area contributed by atoms with E-state index in [1.165, 1.54) is 11.8 Å². The number of carbonyl (C=O) groups is 1. The number of benzene rings is 1. The third kappa shape index (κ3) is 4.77. The van der Waals surface area contributed by atoms with Gasteiger partial charge in [-0.05, 0) is 61.5 Å². The first kappa shape index (κ1) is 20.7. The van der Waals surface area contributed by atoms with Crippen LogP contribution in [0.3, 0.4) is 0 Å². The highest BCUT2D eigenvalue weighted by Gasteiger charge is 2.14. The van der Waals surface area contributed by atoms with Crippen molar-refractivity contribution in [2.75, 3.05) is 11.1 Å². The lowest BCUT2D eigenvalue weighted by atomic mass is 10.1. The molecule has 0 aliphatic rings. The van der Waals surface area contributed by atoms with Crippen LogP contribution in [0.15, 0.2) is 52.9 Å². The molecule has 0 spiro atoms. The fourth-order valence-corrected chi connectivity index (χ4v) is 5.30. The highest BCUT2D eigenvalue weighted by molar-refractivity contribution is 7.99. The van der Waals surface area contributed by atoms with Crippen molar-refractivity contribution in [3.63, 3.8) is 0 Å². The number of amides is 1. The van der Waals surface area contributed by atoms with E-state index >= 15 is 0 Å². The molecule has 30 heavy (non-hydrogen) atoms. The van der Waals surface area contributed by atoms with E-state index in [4.69, 9.17) is 0 Å². The zero-order valence-electron chi connectivity index (χ0n) is 16.8. The minimum absolute atomic E-state index is 0.0570. The minimum atomic E-state index is -0.0570. The third-order valence-electron chi connectivity index (χ3n) is 4.42. The maximum atomic E-state index is 12.3. The molecule has 8 heteroatoms. The molecular formula is C22H20N4OS3. The van der Waals surface area contributed by atoms with Gasteiger partial charge in [-0.2, -0.15) is 0 Å². The van der Waals surface area contributed by atoms with Gasteiger partial charge < -0.3 is 5.32 Å². The Morgan fingerprint density at radius 1 is 1.10 bits per heavy atom. The summed E-state index contributed by atoms with van der Waals surface area (Å²) in [7, 11) is 0. The van der Waals surface area contributed by atoms with Gasteiger partial charge >= 0.3 is 0 Å². The summed E-state index contributed by atoms with van der Waals surface area (Å²) in [5, 5.41) is 15.4.